The van der Waals surface area contributed by atoms with Crippen molar-refractivity contribution in [3.8, 4) is 10.7 Å². The number of tetrazole rings is 1. The molecule has 0 spiro atoms. The summed E-state index contributed by atoms with van der Waals surface area (Å²) in [4.78, 5) is 32.2. The normalized spacial score (nSPS) is 12.6. The zero-order chi connectivity index (χ0) is 28.1. The maximum atomic E-state index is 14.1. The smallest absolute Gasteiger partial charge is 0.250 e. The number of aromatic nitrogens is 4. The van der Waals surface area contributed by atoms with E-state index >= 15 is 0 Å². The molecule has 12 heteroatoms. The average Bonchev–Trinajstić information content (AvgIpc) is 3.75. The predicted octanol–water partition coefficient (Wildman–Crippen LogP) is 5.39. The first-order valence-corrected chi connectivity index (χ1v) is 14.1. The number of hydrogen-bond donors (Lipinski definition) is 1. The van der Waals surface area contributed by atoms with Crippen LogP contribution in [0.4, 0.5) is 8.78 Å². The number of amides is 2. The third-order valence-electron chi connectivity index (χ3n) is 6.19. The minimum Gasteiger partial charge on any atom is -0.350 e. The SMILES string of the molecule is C[C@H](C(=O)N(Cc1cccs1)[C@@H](C(=O)NCc1ccc(F)cc1)c1ccc(F)cc1)n1nnc(-c2cccs2)n1. The lowest BCUT2D eigenvalue weighted by atomic mass is 10.0. The van der Waals surface area contributed by atoms with Crippen molar-refractivity contribution in [2.45, 2.75) is 32.1 Å². The average molecular weight is 579 g/mol. The maximum Gasteiger partial charge on any atom is 0.250 e. The highest BCUT2D eigenvalue weighted by molar-refractivity contribution is 7.13. The monoisotopic (exact) mass is 578 g/mol. The Morgan fingerprint density at radius 2 is 1.62 bits per heavy atom. The summed E-state index contributed by atoms with van der Waals surface area (Å²) in [5.41, 5.74) is 1.12. The summed E-state index contributed by atoms with van der Waals surface area (Å²) in [5, 5.41) is 19.2. The molecule has 0 radical (unpaired) electrons. The van der Waals surface area contributed by atoms with E-state index in [0.717, 1.165) is 9.75 Å². The number of carbonyl (C=O) groups excluding carboxylic acids is 2. The lowest BCUT2D eigenvalue weighted by Crippen LogP contribution is -2.45. The molecular weight excluding hydrogens is 554 g/mol. The summed E-state index contributed by atoms with van der Waals surface area (Å²) in [6, 6.07) is 16.7. The quantitative estimate of drug-likeness (QED) is 0.240. The van der Waals surface area contributed by atoms with Gasteiger partial charge in [-0.25, -0.2) is 8.78 Å². The number of nitrogens with zero attached hydrogens (tertiary/aromatic N) is 5. The fourth-order valence-corrected chi connectivity index (χ4v) is 5.46. The fourth-order valence-electron chi connectivity index (χ4n) is 4.11. The van der Waals surface area contributed by atoms with Gasteiger partial charge in [-0.15, -0.1) is 32.9 Å². The summed E-state index contributed by atoms with van der Waals surface area (Å²) in [5.74, 6) is -1.35. The summed E-state index contributed by atoms with van der Waals surface area (Å²) in [7, 11) is 0. The van der Waals surface area contributed by atoms with Crippen LogP contribution in [0.5, 0.6) is 0 Å². The highest BCUT2D eigenvalue weighted by atomic mass is 32.1. The van der Waals surface area contributed by atoms with E-state index in [-0.39, 0.29) is 18.9 Å². The van der Waals surface area contributed by atoms with Crippen LogP contribution in [0.15, 0.2) is 83.6 Å². The predicted molar refractivity (Wildman–Crippen MR) is 148 cm³/mol. The second kappa shape index (κ2) is 12.3. The molecule has 40 heavy (non-hydrogen) atoms. The molecule has 0 aliphatic heterocycles. The number of halogens is 2. The lowest BCUT2D eigenvalue weighted by Gasteiger charge is -2.32. The molecule has 0 aliphatic carbocycles. The van der Waals surface area contributed by atoms with Gasteiger partial charge in [-0.3, -0.25) is 9.59 Å². The van der Waals surface area contributed by atoms with Gasteiger partial charge in [0.05, 0.1) is 11.4 Å². The highest BCUT2D eigenvalue weighted by Gasteiger charge is 2.35. The summed E-state index contributed by atoms with van der Waals surface area (Å²) >= 11 is 2.90. The number of nitrogens with one attached hydrogen (secondary N) is 1. The second-order valence-corrected chi connectivity index (χ2v) is 10.9. The van der Waals surface area contributed by atoms with Gasteiger partial charge < -0.3 is 10.2 Å². The minimum absolute atomic E-state index is 0.113. The van der Waals surface area contributed by atoms with E-state index in [1.165, 1.54) is 68.8 Å². The van der Waals surface area contributed by atoms with Crippen LogP contribution in [-0.4, -0.2) is 36.9 Å². The molecule has 8 nitrogen and oxygen atoms in total. The van der Waals surface area contributed by atoms with E-state index in [9.17, 15) is 18.4 Å². The zero-order valence-electron chi connectivity index (χ0n) is 21.3. The molecule has 0 saturated carbocycles. The minimum atomic E-state index is -1.10. The van der Waals surface area contributed by atoms with Gasteiger partial charge in [-0.2, -0.15) is 4.80 Å². The first-order chi connectivity index (χ1) is 19.4. The van der Waals surface area contributed by atoms with Crippen molar-refractivity contribution in [1.82, 2.24) is 30.4 Å². The van der Waals surface area contributed by atoms with Gasteiger partial charge in [-0.05, 0) is 70.4 Å². The van der Waals surface area contributed by atoms with Gasteiger partial charge in [0.15, 0.2) is 0 Å². The first-order valence-electron chi connectivity index (χ1n) is 12.3. The van der Waals surface area contributed by atoms with Crippen molar-refractivity contribution in [3.63, 3.8) is 0 Å². The molecule has 0 saturated heterocycles. The summed E-state index contributed by atoms with van der Waals surface area (Å²) < 4.78 is 27.2. The van der Waals surface area contributed by atoms with Crippen molar-refractivity contribution in [3.05, 3.63) is 111 Å². The van der Waals surface area contributed by atoms with E-state index < -0.39 is 29.7 Å². The van der Waals surface area contributed by atoms with Crippen LogP contribution in [0.25, 0.3) is 10.7 Å². The molecule has 1 N–H and O–H groups in total. The second-order valence-electron chi connectivity index (χ2n) is 8.93. The van der Waals surface area contributed by atoms with Gasteiger partial charge in [0, 0.05) is 11.4 Å². The van der Waals surface area contributed by atoms with Gasteiger partial charge >= 0.3 is 0 Å². The molecule has 5 rings (SSSR count). The van der Waals surface area contributed by atoms with E-state index in [2.05, 4.69) is 20.7 Å². The Balaban J connectivity index is 1.47. The molecule has 0 aliphatic rings. The van der Waals surface area contributed by atoms with Crippen LogP contribution >= 0.6 is 22.7 Å². The van der Waals surface area contributed by atoms with Gasteiger partial charge in [0.25, 0.3) is 0 Å². The molecular formula is C28H24F2N6O2S2. The first kappa shape index (κ1) is 27.3. The van der Waals surface area contributed by atoms with E-state index in [1.807, 2.05) is 35.0 Å². The number of benzene rings is 2. The Morgan fingerprint density at radius 3 is 2.27 bits per heavy atom. The van der Waals surface area contributed by atoms with Gasteiger partial charge in [0.2, 0.25) is 17.6 Å². The maximum absolute atomic E-state index is 14.1. The van der Waals surface area contributed by atoms with Crippen LogP contribution in [-0.2, 0) is 22.7 Å². The van der Waals surface area contributed by atoms with Crippen molar-refractivity contribution in [1.29, 1.82) is 0 Å². The molecule has 5 aromatic rings. The fraction of sp³-hybridized carbons (Fsp3) is 0.179. The van der Waals surface area contributed by atoms with Gasteiger partial charge in [0.1, 0.15) is 23.7 Å². The summed E-state index contributed by atoms with van der Waals surface area (Å²) in [6.45, 7) is 1.88. The standard InChI is InChI=1S/C28H24F2N6O2S2/c1-18(36-33-26(32-34-36)24-5-3-15-40-24)28(38)35(17-23-4-2-14-39-23)25(20-8-12-22(30)13-9-20)27(37)31-16-19-6-10-21(29)11-7-19/h2-15,18,25H,16-17H2,1H3,(H,31,37)/t18-,25-/m1/s1. The molecule has 3 heterocycles. The van der Waals surface area contributed by atoms with Crippen LogP contribution in [0.2, 0.25) is 0 Å². The van der Waals surface area contributed by atoms with E-state index in [1.54, 1.807) is 19.1 Å². The molecule has 0 unspecified atom stereocenters. The highest BCUT2D eigenvalue weighted by Crippen LogP contribution is 2.29. The Hall–Kier alpha value is -4.29. The van der Waals surface area contributed by atoms with Crippen molar-refractivity contribution in [2.24, 2.45) is 0 Å². The Bertz CT molecular complexity index is 1560. The molecule has 3 aromatic heterocycles. The van der Waals surface area contributed by atoms with Crippen LogP contribution in [0, 0.1) is 11.6 Å². The molecule has 0 bridgehead atoms. The largest absolute Gasteiger partial charge is 0.350 e. The van der Waals surface area contributed by atoms with Gasteiger partial charge in [-0.1, -0.05) is 36.4 Å². The third-order valence-corrected chi connectivity index (χ3v) is 7.92. The molecule has 2 aromatic carbocycles. The lowest BCUT2D eigenvalue weighted by molar-refractivity contribution is -0.144. The summed E-state index contributed by atoms with van der Waals surface area (Å²) in [6.07, 6.45) is 0. The molecule has 204 valence electrons. The Labute approximate surface area is 236 Å². The third kappa shape index (κ3) is 6.29. The Kier molecular flexibility index (Phi) is 8.37. The topological polar surface area (TPSA) is 93.0 Å². The number of carbonyl (C=O) groups is 2. The van der Waals surface area contributed by atoms with Crippen LogP contribution in [0.1, 0.15) is 35.0 Å². The van der Waals surface area contributed by atoms with Crippen LogP contribution in [0.3, 0.4) is 0 Å². The van der Waals surface area contributed by atoms with E-state index in [0.29, 0.717) is 17.0 Å². The van der Waals surface area contributed by atoms with Crippen molar-refractivity contribution >= 4 is 34.5 Å². The molecule has 0 fully saturated rings. The van der Waals surface area contributed by atoms with Crippen LogP contribution < -0.4 is 5.32 Å². The van der Waals surface area contributed by atoms with Crippen molar-refractivity contribution in [2.75, 3.05) is 0 Å². The number of thiophene rings is 2. The van der Waals surface area contributed by atoms with E-state index in [4.69, 9.17) is 0 Å². The molecule has 2 atom stereocenters. The zero-order valence-corrected chi connectivity index (χ0v) is 22.9. The molecule has 2 amide bonds. The number of hydrogen-bond acceptors (Lipinski definition) is 7. The van der Waals surface area contributed by atoms with Crippen molar-refractivity contribution < 1.29 is 18.4 Å². The number of rotatable bonds is 10. The Morgan fingerprint density at radius 1 is 0.950 bits per heavy atom.